The van der Waals surface area contributed by atoms with E-state index in [1.54, 1.807) is 36.8 Å². The van der Waals surface area contributed by atoms with Crippen LogP contribution in [0.3, 0.4) is 0 Å². The standard InChI is InChI=1S/C20H20N4O3/c1-2-26-17-7-3-4-8-18(17)27-19-10-9-15(12-22-19)13-23-20(25)24-16-6-5-11-21-14-16/h3-12,14H,2,13H2,1H3,(H2,23,24,25). The molecule has 2 aromatic heterocycles. The minimum absolute atomic E-state index is 0.311. The first-order valence-corrected chi connectivity index (χ1v) is 8.54. The van der Waals surface area contributed by atoms with Gasteiger partial charge in [-0.15, -0.1) is 0 Å². The van der Waals surface area contributed by atoms with Crippen LogP contribution in [0.1, 0.15) is 12.5 Å². The van der Waals surface area contributed by atoms with Crippen molar-refractivity contribution in [2.45, 2.75) is 13.5 Å². The second kappa shape index (κ2) is 9.19. The number of urea groups is 1. The number of rotatable bonds is 7. The maximum absolute atomic E-state index is 11.9. The molecular weight excluding hydrogens is 344 g/mol. The van der Waals surface area contributed by atoms with Gasteiger partial charge < -0.3 is 20.1 Å². The van der Waals surface area contributed by atoms with Gasteiger partial charge in [0.25, 0.3) is 0 Å². The third kappa shape index (κ3) is 5.43. The molecule has 0 saturated carbocycles. The van der Waals surface area contributed by atoms with Crippen molar-refractivity contribution in [1.82, 2.24) is 15.3 Å². The molecule has 0 aliphatic heterocycles. The van der Waals surface area contributed by atoms with Gasteiger partial charge in [0.05, 0.1) is 18.5 Å². The number of para-hydroxylation sites is 2. The molecule has 0 atom stereocenters. The van der Waals surface area contributed by atoms with E-state index >= 15 is 0 Å². The molecule has 0 aliphatic rings. The number of nitrogens with zero attached hydrogens (tertiary/aromatic N) is 2. The van der Waals surface area contributed by atoms with Crippen LogP contribution in [0.4, 0.5) is 10.5 Å². The maximum Gasteiger partial charge on any atom is 0.319 e. The van der Waals surface area contributed by atoms with E-state index in [2.05, 4.69) is 20.6 Å². The van der Waals surface area contributed by atoms with Crippen LogP contribution in [0.25, 0.3) is 0 Å². The molecule has 0 aliphatic carbocycles. The Morgan fingerprint density at radius 2 is 1.89 bits per heavy atom. The number of benzene rings is 1. The Balaban J connectivity index is 1.54. The normalized spacial score (nSPS) is 10.1. The van der Waals surface area contributed by atoms with Crippen LogP contribution in [0, 0.1) is 0 Å². The van der Waals surface area contributed by atoms with Crippen molar-refractivity contribution in [1.29, 1.82) is 0 Å². The van der Waals surface area contributed by atoms with Crippen LogP contribution in [-0.2, 0) is 6.54 Å². The summed E-state index contributed by atoms with van der Waals surface area (Å²) < 4.78 is 11.3. The van der Waals surface area contributed by atoms with Crippen LogP contribution < -0.4 is 20.1 Å². The largest absolute Gasteiger partial charge is 0.490 e. The topological polar surface area (TPSA) is 85.4 Å². The van der Waals surface area contributed by atoms with Crippen molar-refractivity contribution >= 4 is 11.7 Å². The minimum Gasteiger partial charge on any atom is -0.490 e. The van der Waals surface area contributed by atoms with Crippen LogP contribution in [0.15, 0.2) is 67.1 Å². The van der Waals surface area contributed by atoms with Crippen molar-refractivity contribution in [3.8, 4) is 17.4 Å². The highest BCUT2D eigenvalue weighted by Gasteiger charge is 2.07. The van der Waals surface area contributed by atoms with Crippen LogP contribution >= 0.6 is 0 Å². The van der Waals surface area contributed by atoms with Gasteiger partial charge in [-0.1, -0.05) is 18.2 Å². The monoisotopic (exact) mass is 364 g/mol. The molecule has 0 bridgehead atoms. The Morgan fingerprint density at radius 1 is 1.04 bits per heavy atom. The third-order valence-electron chi connectivity index (χ3n) is 3.53. The van der Waals surface area contributed by atoms with E-state index in [0.29, 0.717) is 36.2 Å². The van der Waals surface area contributed by atoms with Gasteiger partial charge in [-0.2, -0.15) is 0 Å². The molecule has 0 saturated heterocycles. The van der Waals surface area contributed by atoms with Gasteiger partial charge in [-0.25, -0.2) is 9.78 Å². The SMILES string of the molecule is CCOc1ccccc1Oc1ccc(CNC(=O)Nc2cccnc2)cn1. The zero-order valence-electron chi connectivity index (χ0n) is 14.9. The highest BCUT2D eigenvalue weighted by atomic mass is 16.5. The number of carbonyl (C=O) groups excluding carboxylic acids is 1. The molecule has 0 unspecified atom stereocenters. The molecular formula is C20H20N4O3. The van der Waals surface area contributed by atoms with E-state index in [-0.39, 0.29) is 6.03 Å². The second-order valence-electron chi connectivity index (χ2n) is 5.54. The predicted octanol–water partition coefficient (Wildman–Crippen LogP) is 3.99. The van der Waals surface area contributed by atoms with Gasteiger partial charge in [0.15, 0.2) is 11.5 Å². The van der Waals surface area contributed by atoms with Gasteiger partial charge in [0, 0.05) is 25.0 Å². The Labute approximate surface area is 157 Å². The van der Waals surface area contributed by atoms with Crippen LogP contribution in [0.5, 0.6) is 17.4 Å². The quantitative estimate of drug-likeness (QED) is 0.662. The fourth-order valence-corrected chi connectivity index (χ4v) is 2.29. The lowest BCUT2D eigenvalue weighted by atomic mass is 10.3. The molecule has 2 N–H and O–H groups in total. The van der Waals surface area contributed by atoms with Crippen molar-refractivity contribution < 1.29 is 14.3 Å². The summed E-state index contributed by atoms with van der Waals surface area (Å²) >= 11 is 0. The smallest absolute Gasteiger partial charge is 0.319 e. The average Bonchev–Trinajstić information content (AvgIpc) is 2.70. The Hall–Kier alpha value is -3.61. The van der Waals surface area contributed by atoms with E-state index in [4.69, 9.17) is 9.47 Å². The van der Waals surface area contributed by atoms with E-state index < -0.39 is 0 Å². The lowest BCUT2D eigenvalue weighted by Crippen LogP contribution is -2.28. The highest BCUT2D eigenvalue weighted by molar-refractivity contribution is 5.88. The van der Waals surface area contributed by atoms with Gasteiger partial charge in [-0.3, -0.25) is 4.98 Å². The predicted molar refractivity (Wildman–Crippen MR) is 102 cm³/mol. The zero-order chi connectivity index (χ0) is 18.9. The number of hydrogen-bond acceptors (Lipinski definition) is 5. The number of hydrogen-bond donors (Lipinski definition) is 2. The van der Waals surface area contributed by atoms with Gasteiger partial charge >= 0.3 is 6.03 Å². The summed E-state index contributed by atoms with van der Waals surface area (Å²) in [6.45, 7) is 2.82. The van der Waals surface area contributed by atoms with Crippen molar-refractivity contribution in [3.05, 3.63) is 72.7 Å². The van der Waals surface area contributed by atoms with Gasteiger partial charge in [0.1, 0.15) is 0 Å². The summed E-state index contributed by atoms with van der Waals surface area (Å²) in [7, 11) is 0. The summed E-state index contributed by atoms with van der Waals surface area (Å²) in [5.74, 6) is 1.72. The fourth-order valence-electron chi connectivity index (χ4n) is 2.29. The molecule has 0 spiro atoms. The minimum atomic E-state index is -0.311. The summed E-state index contributed by atoms with van der Waals surface area (Å²) in [5.41, 5.74) is 1.48. The lowest BCUT2D eigenvalue weighted by Gasteiger charge is -2.11. The first-order chi connectivity index (χ1) is 13.2. The Morgan fingerprint density at radius 3 is 2.59 bits per heavy atom. The zero-order valence-corrected chi connectivity index (χ0v) is 14.9. The van der Waals surface area contributed by atoms with Crippen molar-refractivity contribution in [2.24, 2.45) is 0 Å². The summed E-state index contributed by atoms with van der Waals surface area (Å²) in [4.78, 5) is 20.1. The molecule has 0 radical (unpaired) electrons. The summed E-state index contributed by atoms with van der Waals surface area (Å²) in [5, 5.41) is 5.47. The first-order valence-electron chi connectivity index (χ1n) is 8.54. The molecule has 3 aromatic rings. The Kier molecular flexibility index (Phi) is 6.19. The molecule has 7 nitrogen and oxygen atoms in total. The first kappa shape index (κ1) is 18.2. The summed E-state index contributed by atoms with van der Waals surface area (Å²) in [6.07, 6.45) is 4.88. The molecule has 3 rings (SSSR count). The number of amides is 2. The van der Waals surface area contributed by atoms with Crippen molar-refractivity contribution in [3.63, 3.8) is 0 Å². The number of carbonyl (C=O) groups is 1. The molecule has 7 heteroatoms. The highest BCUT2D eigenvalue weighted by Crippen LogP contribution is 2.30. The fraction of sp³-hybridized carbons (Fsp3) is 0.150. The number of aromatic nitrogens is 2. The maximum atomic E-state index is 11.9. The third-order valence-corrected chi connectivity index (χ3v) is 3.53. The van der Waals surface area contributed by atoms with E-state index in [1.807, 2.05) is 37.3 Å². The van der Waals surface area contributed by atoms with Crippen LogP contribution in [-0.4, -0.2) is 22.6 Å². The number of nitrogens with one attached hydrogen (secondary N) is 2. The van der Waals surface area contributed by atoms with Crippen LogP contribution in [0.2, 0.25) is 0 Å². The van der Waals surface area contributed by atoms with Gasteiger partial charge in [-0.05, 0) is 36.8 Å². The number of pyridine rings is 2. The second-order valence-corrected chi connectivity index (χ2v) is 5.54. The van der Waals surface area contributed by atoms with E-state index in [9.17, 15) is 4.79 Å². The number of ether oxygens (including phenoxy) is 2. The summed E-state index contributed by atoms with van der Waals surface area (Å²) in [6, 6.07) is 14.2. The van der Waals surface area contributed by atoms with Gasteiger partial charge in [0.2, 0.25) is 5.88 Å². The Bertz CT molecular complexity index is 870. The molecule has 27 heavy (non-hydrogen) atoms. The molecule has 2 heterocycles. The molecule has 138 valence electrons. The van der Waals surface area contributed by atoms with Crippen molar-refractivity contribution in [2.75, 3.05) is 11.9 Å². The van der Waals surface area contributed by atoms with E-state index in [1.165, 1.54) is 0 Å². The number of anilines is 1. The molecule has 2 amide bonds. The molecule has 1 aromatic carbocycles. The molecule has 0 fully saturated rings. The lowest BCUT2D eigenvalue weighted by molar-refractivity contribution is 0.251. The van der Waals surface area contributed by atoms with E-state index in [0.717, 1.165) is 5.56 Å². The average molecular weight is 364 g/mol.